The van der Waals surface area contributed by atoms with Crippen LogP contribution in [0.25, 0.3) is 0 Å². The molecule has 1 amide bonds. The molecule has 0 rings (SSSR count). The fraction of sp³-hybridized carbons (Fsp3) is 0.667. The van der Waals surface area contributed by atoms with E-state index in [1.54, 1.807) is 7.05 Å². The highest BCUT2D eigenvalue weighted by Gasteiger charge is 1.72. The van der Waals surface area contributed by atoms with Crippen LogP contribution in [0.3, 0.4) is 0 Å². The molecule has 1 N–H and O–H groups in total. The monoisotopic (exact) mass is 93.1 g/mol. The molecule has 0 bridgehead atoms. The summed E-state index contributed by atoms with van der Waals surface area (Å²) in [5.41, 5.74) is 0. The van der Waals surface area contributed by atoms with E-state index in [1.165, 1.54) is 6.92 Å². The molecule has 2 nitrogen and oxygen atoms in total. The van der Waals surface area contributed by atoms with Crippen molar-refractivity contribution in [2.24, 2.45) is 0 Å². The Hall–Kier alpha value is -0.600. The number of carbonyl (C=O) groups is 1. The Morgan fingerprint density at radius 1 is 1.67 bits per heavy atom. The van der Waals surface area contributed by atoms with E-state index >= 15 is 0 Å². The van der Waals surface area contributed by atoms with Crippen molar-refractivity contribution in [2.75, 3.05) is 7.05 Å². The third kappa shape index (κ3) is 9.99. The number of carbonyl (C=O) groups excluding carboxylic acids is 1. The first-order valence-corrected chi connectivity index (χ1v) is 1.45. The van der Waals surface area contributed by atoms with E-state index in [0.717, 1.165) is 0 Å². The minimum atomic E-state index is 0. The number of amides is 1. The van der Waals surface area contributed by atoms with E-state index in [4.69, 9.17) is 0 Å². The van der Waals surface area contributed by atoms with E-state index in [0.29, 0.717) is 0 Å². The van der Waals surface area contributed by atoms with Gasteiger partial charge in [0.15, 0.2) is 0 Å². The molecular formula is C3H8FNO. The van der Waals surface area contributed by atoms with Gasteiger partial charge in [0.2, 0.25) is 5.91 Å². The van der Waals surface area contributed by atoms with Crippen molar-refractivity contribution in [1.29, 1.82) is 0 Å². The van der Waals surface area contributed by atoms with Gasteiger partial charge in [-0.3, -0.25) is 9.50 Å². The number of halogens is 1. The van der Waals surface area contributed by atoms with Crippen LogP contribution in [0.5, 0.6) is 0 Å². The summed E-state index contributed by atoms with van der Waals surface area (Å²) in [5.74, 6) is 0.00463. The van der Waals surface area contributed by atoms with Gasteiger partial charge in [-0.25, -0.2) is 0 Å². The smallest absolute Gasteiger partial charge is 0.216 e. The first-order chi connectivity index (χ1) is 2.27. The molecule has 0 saturated carbocycles. The normalized spacial score (nSPS) is 5.67. The first kappa shape index (κ1) is 9.04. The third-order valence-electron chi connectivity index (χ3n) is 0.352. The highest BCUT2D eigenvalue weighted by Crippen LogP contribution is 1.45. The van der Waals surface area contributed by atoms with Gasteiger partial charge in [-0.05, 0) is 0 Å². The Kier molecular flexibility index (Phi) is 6.63. The maximum absolute atomic E-state index is 9.70. The van der Waals surface area contributed by atoms with Crippen LogP contribution in [0.4, 0.5) is 4.70 Å². The summed E-state index contributed by atoms with van der Waals surface area (Å²) >= 11 is 0. The van der Waals surface area contributed by atoms with Gasteiger partial charge in [-0.15, -0.1) is 0 Å². The predicted octanol–water partition coefficient (Wildman–Crippen LogP) is -0.0952. The lowest BCUT2D eigenvalue weighted by Crippen LogP contribution is -2.11. The lowest BCUT2D eigenvalue weighted by molar-refractivity contribution is -0.118. The lowest BCUT2D eigenvalue weighted by Gasteiger charge is -1.80. The SMILES string of the molecule is CNC(C)=O.F. The summed E-state index contributed by atoms with van der Waals surface area (Å²) in [5, 5.41) is 2.39. The standard InChI is InChI=1S/C3H7NO.FH/c1-3(5)4-2;/h1-2H3,(H,4,5);1H. The van der Waals surface area contributed by atoms with Crippen LogP contribution >= 0.6 is 0 Å². The van der Waals surface area contributed by atoms with Gasteiger partial charge in [-0.1, -0.05) is 0 Å². The molecule has 0 aliphatic rings. The summed E-state index contributed by atoms with van der Waals surface area (Å²) in [6, 6.07) is 0. The summed E-state index contributed by atoms with van der Waals surface area (Å²) in [6.45, 7) is 1.47. The second-order valence-electron chi connectivity index (χ2n) is 0.806. The fourth-order valence-electron chi connectivity index (χ4n) is 0. The number of nitrogens with one attached hydrogen (secondary N) is 1. The van der Waals surface area contributed by atoms with Gasteiger partial charge in [0.05, 0.1) is 0 Å². The average molecular weight is 93.1 g/mol. The van der Waals surface area contributed by atoms with Crippen molar-refractivity contribution in [2.45, 2.75) is 6.92 Å². The molecule has 0 radical (unpaired) electrons. The molecule has 0 aromatic heterocycles. The Balaban J connectivity index is 0. The van der Waals surface area contributed by atoms with Crippen molar-refractivity contribution in [3.8, 4) is 0 Å². The number of hydrogen-bond donors (Lipinski definition) is 1. The molecule has 0 unspecified atom stereocenters. The van der Waals surface area contributed by atoms with Crippen LogP contribution < -0.4 is 5.32 Å². The fourth-order valence-corrected chi connectivity index (χ4v) is 0. The topological polar surface area (TPSA) is 29.1 Å². The van der Waals surface area contributed by atoms with Gasteiger partial charge in [-0.2, -0.15) is 0 Å². The zero-order valence-electron chi connectivity index (χ0n) is 3.82. The zero-order valence-corrected chi connectivity index (χ0v) is 3.82. The van der Waals surface area contributed by atoms with Crippen LogP contribution in [0.1, 0.15) is 6.92 Å². The maximum atomic E-state index is 9.70. The largest absolute Gasteiger partial charge is 0.359 e. The second-order valence-corrected chi connectivity index (χ2v) is 0.806. The van der Waals surface area contributed by atoms with Crippen molar-refractivity contribution >= 4 is 5.91 Å². The quantitative estimate of drug-likeness (QED) is 0.445. The van der Waals surface area contributed by atoms with Gasteiger partial charge in [0.1, 0.15) is 0 Å². The Morgan fingerprint density at radius 3 is 1.83 bits per heavy atom. The van der Waals surface area contributed by atoms with E-state index in [-0.39, 0.29) is 10.6 Å². The maximum Gasteiger partial charge on any atom is 0.216 e. The summed E-state index contributed by atoms with van der Waals surface area (Å²) in [4.78, 5) is 9.70. The molecule has 0 fully saturated rings. The van der Waals surface area contributed by atoms with Crippen LogP contribution in [0, 0.1) is 0 Å². The Bertz CT molecular complexity index is 46.1. The molecule has 0 saturated heterocycles. The molecular weight excluding hydrogens is 85.0 g/mol. The van der Waals surface area contributed by atoms with E-state index in [2.05, 4.69) is 5.32 Å². The minimum Gasteiger partial charge on any atom is -0.359 e. The predicted molar refractivity (Wildman–Crippen MR) is 22.2 cm³/mol. The molecule has 0 atom stereocenters. The van der Waals surface area contributed by atoms with Gasteiger partial charge < -0.3 is 5.32 Å². The zero-order chi connectivity index (χ0) is 4.28. The molecule has 0 aromatic carbocycles. The molecule has 0 aliphatic carbocycles. The van der Waals surface area contributed by atoms with Crippen LogP contribution in [0.15, 0.2) is 0 Å². The minimum absolute atomic E-state index is 0. The molecule has 6 heavy (non-hydrogen) atoms. The second kappa shape index (κ2) is 4.40. The van der Waals surface area contributed by atoms with Crippen molar-refractivity contribution in [1.82, 2.24) is 5.32 Å². The van der Waals surface area contributed by atoms with E-state index < -0.39 is 0 Å². The van der Waals surface area contributed by atoms with Crippen molar-refractivity contribution < 1.29 is 9.50 Å². The molecule has 0 aliphatic heterocycles. The molecule has 0 spiro atoms. The number of hydrogen-bond acceptors (Lipinski definition) is 1. The highest BCUT2D eigenvalue weighted by molar-refractivity contribution is 5.72. The molecule has 3 heteroatoms. The lowest BCUT2D eigenvalue weighted by atomic mass is 10.7. The summed E-state index contributed by atoms with van der Waals surface area (Å²) in [7, 11) is 1.60. The average Bonchev–Trinajstić information content (AvgIpc) is 1.38. The first-order valence-electron chi connectivity index (χ1n) is 1.45. The van der Waals surface area contributed by atoms with Gasteiger partial charge >= 0.3 is 0 Å². The Morgan fingerprint density at radius 2 is 1.83 bits per heavy atom. The molecule has 0 heterocycles. The summed E-state index contributed by atoms with van der Waals surface area (Å²) in [6.07, 6.45) is 0. The molecule has 0 aromatic rings. The highest BCUT2D eigenvalue weighted by atomic mass is 19.0. The van der Waals surface area contributed by atoms with E-state index in [9.17, 15) is 4.79 Å². The van der Waals surface area contributed by atoms with Gasteiger partial charge in [0, 0.05) is 14.0 Å². The van der Waals surface area contributed by atoms with Gasteiger partial charge in [0.25, 0.3) is 0 Å². The molecule has 38 valence electrons. The van der Waals surface area contributed by atoms with E-state index in [1.807, 2.05) is 0 Å². The van der Waals surface area contributed by atoms with Crippen molar-refractivity contribution in [3.63, 3.8) is 0 Å². The Labute approximate surface area is 35.9 Å². The van der Waals surface area contributed by atoms with Crippen molar-refractivity contribution in [3.05, 3.63) is 0 Å². The van der Waals surface area contributed by atoms with Crippen LogP contribution in [-0.2, 0) is 4.79 Å². The number of rotatable bonds is 0. The summed E-state index contributed by atoms with van der Waals surface area (Å²) < 4.78 is 0. The van der Waals surface area contributed by atoms with Crippen LogP contribution in [0.2, 0.25) is 0 Å². The third-order valence-corrected chi connectivity index (χ3v) is 0.352. The van der Waals surface area contributed by atoms with Crippen LogP contribution in [-0.4, -0.2) is 13.0 Å².